The molecule has 1 unspecified atom stereocenters. The lowest BCUT2D eigenvalue weighted by Crippen LogP contribution is -2.31. The summed E-state index contributed by atoms with van der Waals surface area (Å²) in [6, 6.07) is 11.8. The fourth-order valence-corrected chi connectivity index (χ4v) is 4.02. The molecule has 6 nitrogen and oxygen atoms in total. The molecule has 0 spiro atoms. The third-order valence-corrected chi connectivity index (χ3v) is 6.27. The Bertz CT molecular complexity index is 1050. The number of ether oxygens (including phenoxy) is 2. The van der Waals surface area contributed by atoms with Crippen molar-refractivity contribution >= 4 is 33.4 Å². The Hall–Kier alpha value is -2.64. The Morgan fingerprint density at radius 3 is 2.59 bits per heavy atom. The molecule has 0 radical (unpaired) electrons. The van der Waals surface area contributed by atoms with E-state index in [4.69, 9.17) is 9.47 Å². The van der Waals surface area contributed by atoms with Gasteiger partial charge in [0.25, 0.3) is 11.7 Å². The quantitative estimate of drug-likeness (QED) is 0.238. The van der Waals surface area contributed by atoms with Crippen LogP contribution in [0.15, 0.2) is 52.5 Å². The monoisotopic (exact) mass is 501 g/mol. The minimum atomic E-state index is -0.715. The first kappa shape index (κ1) is 24.0. The summed E-state index contributed by atoms with van der Waals surface area (Å²) in [5.41, 5.74) is 2.17. The number of amides is 1. The predicted octanol–water partition coefficient (Wildman–Crippen LogP) is 5.00. The average Bonchev–Trinajstić information content (AvgIpc) is 3.02. The topological polar surface area (TPSA) is 76.1 Å². The van der Waals surface area contributed by atoms with Crippen molar-refractivity contribution in [2.75, 3.05) is 20.3 Å². The number of carbonyl (C=O) groups is 2. The summed E-state index contributed by atoms with van der Waals surface area (Å²) < 4.78 is 11.8. The van der Waals surface area contributed by atoms with Crippen LogP contribution in [-0.2, 0) is 14.3 Å². The van der Waals surface area contributed by atoms with E-state index in [0.29, 0.717) is 36.4 Å². The maximum absolute atomic E-state index is 13.1. The van der Waals surface area contributed by atoms with Crippen LogP contribution >= 0.6 is 15.9 Å². The molecule has 1 atom stereocenters. The first-order valence-electron chi connectivity index (χ1n) is 10.5. The maximum atomic E-state index is 13.1. The van der Waals surface area contributed by atoms with Crippen LogP contribution in [0.4, 0.5) is 0 Å². The Kier molecular flexibility index (Phi) is 7.74. The number of likely N-dealkylation sites (tertiary alicyclic amines) is 1. The van der Waals surface area contributed by atoms with E-state index in [1.807, 2.05) is 32.9 Å². The second-order valence-corrected chi connectivity index (χ2v) is 8.86. The van der Waals surface area contributed by atoms with E-state index in [9.17, 15) is 14.7 Å². The average molecular weight is 502 g/mol. The SMILES string of the molecule is COc1cccc(C2/C(=C(/O)c3ccc(Br)c(C)c3)C(=O)C(=O)N2CCCOC(C)C)c1. The highest BCUT2D eigenvalue weighted by atomic mass is 79.9. The molecular weight excluding hydrogens is 474 g/mol. The van der Waals surface area contributed by atoms with Gasteiger partial charge in [-0.15, -0.1) is 0 Å². The lowest BCUT2D eigenvalue weighted by molar-refractivity contribution is -0.140. The van der Waals surface area contributed by atoms with Crippen molar-refractivity contribution in [3.8, 4) is 5.75 Å². The molecule has 2 aromatic rings. The number of benzene rings is 2. The Balaban J connectivity index is 2.07. The highest BCUT2D eigenvalue weighted by Crippen LogP contribution is 2.40. The van der Waals surface area contributed by atoms with E-state index >= 15 is 0 Å². The summed E-state index contributed by atoms with van der Waals surface area (Å²) in [7, 11) is 1.56. The van der Waals surface area contributed by atoms with Crippen molar-refractivity contribution in [1.29, 1.82) is 0 Å². The molecule has 0 saturated carbocycles. The lowest BCUT2D eigenvalue weighted by atomic mass is 9.94. The molecule has 3 rings (SSSR count). The number of hydrogen-bond donors (Lipinski definition) is 1. The Morgan fingerprint density at radius 2 is 1.94 bits per heavy atom. The van der Waals surface area contributed by atoms with E-state index in [0.717, 1.165) is 10.0 Å². The fourth-order valence-electron chi connectivity index (χ4n) is 3.77. The van der Waals surface area contributed by atoms with E-state index in [1.165, 1.54) is 4.90 Å². The first-order chi connectivity index (χ1) is 15.2. The highest BCUT2D eigenvalue weighted by Gasteiger charge is 2.45. The van der Waals surface area contributed by atoms with Gasteiger partial charge in [-0.1, -0.05) is 34.1 Å². The van der Waals surface area contributed by atoms with Gasteiger partial charge in [0.05, 0.1) is 24.8 Å². The molecular formula is C25H28BrNO5. The molecule has 0 aliphatic carbocycles. The predicted molar refractivity (Wildman–Crippen MR) is 127 cm³/mol. The molecule has 1 N–H and O–H groups in total. The van der Waals surface area contributed by atoms with Gasteiger partial charge in [-0.3, -0.25) is 9.59 Å². The molecule has 2 aromatic carbocycles. The lowest BCUT2D eigenvalue weighted by Gasteiger charge is -2.25. The zero-order chi connectivity index (χ0) is 23.4. The Morgan fingerprint density at radius 1 is 1.19 bits per heavy atom. The van der Waals surface area contributed by atoms with Gasteiger partial charge in [0.15, 0.2) is 0 Å². The molecule has 1 aliphatic heterocycles. The van der Waals surface area contributed by atoms with E-state index in [-0.39, 0.29) is 17.4 Å². The zero-order valence-electron chi connectivity index (χ0n) is 18.7. The molecule has 7 heteroatoms. The summed E-state index contributed by atoms with van der Waals surface area (Å²) in [5, 5.41) is 11.2. The number of hydrogen-bond acceptors (Lipinski definition) is 5. The van der Waals surface area contributed by atoms with Gasteiger partial charge in [-0.05, 0) is 62.6 Å². The van der Waals surface area contributed by atoms with Crippen molar-refractivity contribution in [1.82, 2.24) is 4.90 Å². The van der Waals surface area contributed by atoms with Gasteiger partial charge in [0.1, 0.15) is 11.5 Å². The summed E-state index contributed by atoms with van der Waals surface area (Å²) in [4.78, 5) is 27.6. The fraction of sp³-hybridized carbons (Fsp3) is 0.360. The molecule has 0 bridgehead atoms. The molecule has 32 heavy (non-hydrogen) atoms. The number of carbonyl (C=O) groups excluding carboxylic acids is 2. The van der Waals surface area contributed by atoms with Crippen molar-refractivity contribution in [3.05, 3.63) is 69.2 Å². The summed E-state index contributed by atoms with van der Waals surface area (Å²) in [6.45, 7) is 6.59. The highest BCUT2D eigenvalue weighted by molar-refractivity contribution is 9.10. The molecule has 170 valence electrons. The number of nitrogens with zero attached hydrogens (tertiary/aromatic N) is 1. The van der Waals surface area contributed by atoms with Crippen LogP contribution in [0.5, 0.6) is 5.75 Å². The van der Waals surface area contributed by atoms with Crippen LogP contribution in [0.1, 0.15) is 43.0 Å². The summed E-state index contributed by atoms with van der Waals surface area (Å²) in [5.74, 6) is -0.901. The van der Waals surface area contributed by atoms with E-state index in [1.54, 1.807) is 37.4 Å². The van der Waals surface area contributed by atoms with Crippen LogP contribution in [0.3, 0.4) is 0 Å². The van der Waals surface area contributed by atoms with E-state index in [2.05, 4.69) is 15.9 Å². The Labute approximate surface area is 197 Å². The molecule has 1 amide bonds. The molecule has 1 fully saturated rings. The number of aryl methyl sites for hydroxylation is 1. The largest absolute Gasteiger partial charge is 0.507 e. The molecule has 1 heterocycles. The second-order valence-electron chi connectivity index (χ2n) is 8.01. The van der Waals surface area contributed by atoms with Gasteiger partial charge < -0.3 is 19.5 Å². The van der Waals surface area contributed by atoms with Crippen LogP contribution in [0.25, 0.3) is 5.76 Å². The number of Topliss-reactive ketones (excluding diaryl/α,β-unsaturated/α-hetero) is 1. The van der Waals surface area contributed by atoms with Gasteiger partial charge in [0.2, 0.25) is 0 Å². The van der Waals surface area contributed by atoms with Gasteiger partial charge in [-0.2, -0.15) is 0 Å². The number of rotatable bonds is 8. The second kappa shape index (κ2) is 10.3. The number of methoxy groups -OCH3 is 1. The molecule has 0 aromatic heterocycles. The van der Waals surface area contributed by atoms with Crippen LogP contribution in [0, 0.1) is 6.92 Å². The molecule has 1 saturated heterocycles. The first-order valence-corrected chi connectivity index (χ1v) is 11.3. The van der Waals surface area contributed by atoms with Crippen molar-refractivity contribution in [2.24, 2.45) is 0 Å². The minimum Gasteiger partial charge on any atom is -0.507 e. The summed E-state index contributed by atoms with van der Waals surface area (Å²) in [6.07, 6.45) is 0.656. The third-order valence-electron chi connectivity index (χ3n) is 5.38. The number of halogens is 1. The smallest absolute Gasteiger partial charge is 0.295 e. The number of aliphatic hydroxyl groups is 1. The van der Waals surface area contributed by atoms with Crippen molar-refractivity contribution < 1.29 is 24.2 Å². The standard InChI is InChI=1S/C25H28BrNO5/c1-15(2)32-12-6-11-27-22(17-7-5-8-19(14-17)31-4)21(24(29)25(27)30)23(28)18-9-10-20(26)16(3)13-18/h5,7-10,13-15,22,28H,6,11-12H2,1-4H3/b23-21-. The van der Waals surface area contributed by atoms with Gasteiger partial charge in [0, 0.05) is 23.2 Å². The summed E-state index contributed by atoms with van der Waals surface area (Å²) >= 11 is 3.45. The normalized spacial score (nSPS) is 17.9. The number of aliphatic hydroxyl groups excluding tert-OH is 1. The maximum Gasteiger partial charge on any atom is 0.295 e. The van der Waals surface area contributed by atoms with Crippen molar-refractivity contribution in [3.63, 3.8) is 0 Å². The number of ketones is 1. The van der Waals surface area contributed by atoms with E-state index < -0.39 is 17.7 Å². The van der Waals surface area contributed by atoms with Crippen molar-refractivity contribution in [2.45, 2.75) is 39.3 Å². The van der Waals surface area contributed by atoms with Crippen LogP contribution < -0.4 is 4.74 Å². The van der Waals surface area contributed by atoms with Gasteiger partial charge in [-0.25, -0.2) is 0 Å². The molecule has 1 aliphatic rings. The zero-order valence-corrected chi connectivity index (χ0v) is 20.3. The van der Waals surface area contributed by atoms with Gasteiger partial charge >= 0.3 is 0 Å². The minimum absolute atomic E-state index is 0.0785. The van der Waals surface area contributed by atoms with Crippen LogP contribution in [0.2, 0.25) is 0 Å². The van der Waals surface area contributed by atoms with Crippen LogP contribution in [-0.4, -0.2) is 48.1 Å². The third kappa shape index (κ3) is 5.05.